The molecule has 3 N–H and O–H groups in total. The molecule has 0 bridgehead atoms. The number of nitriles is 1. The largest absolute Gasteiger partial charge is 0.423 e. The number of nitrogens with one attached hydrogen (secondary N) is 1. The molecule has 0 unspecified atom stereocenters. The number of hydrogen-bond acceptors (Lipinski definition) is 9. The first-order valence-corrected chi connectivity index (χ1v) is 12.3. The third-order valence-corrected chi connectivity index (χ3v) is 6.87. The normalized spacial score (nSPS) is 16.3. The monoisotopic (exact) mass is 493 g/mol. The van der Waals surface area contributed by atoms with Crippen LogP contribution >= 0.6 is 0 Å². The fourth-order valence-corrected chi connectivity index (χ4v) is 5.19. The van der Waals surface area contributed by atoms with Gasteiger partial charge in [0.05, 0.1) is 24.0 Å². The van der Waals surface area contributed by atoms with Gasteiger partial charge >= 0.3 is 0 Å². The number of aromatic nitrogens is 5. The van der Waals surface area contributed by atoms with Crippen LogP contribution in [0.1, 0.15) is 30.0 Å². The highest BCUT2D eigenvalue weighted by Crippen LogP contribution is 2.34. The van der Waals surface area contributed by atoms with Gasteiger partial charge in [0.15, 0.2) is 11.2 Å². The van der Waals surface area contributed by atoms with Crippen LogP contribution in [0.15, 0.2) is 47.1 Å². The van der Waals surface area contributed by atoms with Gasteiger partial charge in [-0.3, -0.25) is 4.90 Å². The maximum absolute atomic E-state index is 9.15. The molecule has 37 heavy (non-hydrogen) atoms. The van der Waals surface area contributed by atoms with E-state index in [0.29, 0.717) is 24.0 Å². The number of nitrogens with zero attached hydrogens (tertiary/aromatic N) is 7. The Balaban J connectivity index is 1.32. The smallest absolute Gasteiger partial charge is 0.300 e. The summed E-state index contributed by atoms with van der Waals surface area (Å²) in [4.78, 5) is 15.5. The molecule has 186 valence electrons. The number of benzene rings is 2. The van der Waals surface area contributed by atoms with Crippen molar-refractivity contribution in [1.29, 1.82) is 5.26 Å². The van der Waals surface area contributed by atoms with Crippen LogP contribution in [0.5, 0.6) is 0 Å². The van der Waals surface area contributed by atoms with Crippen LogP contribution in [0.2, 0.25) is 0 Å². The van der Waals surface area contributed by atoms with Gasteiger partial charge in [-0.05, 0) is 62.6 Å². The van der Waals surface area contributed by atoms with Gasteiger partial charge in [-0.1, -0.05) is 18.2 Å². The summed E-state index contributed by atoms with van der Waals surface area (Å²) in [5.41, 5.74) is 13.3. The molecule has 1 saturated heterocycles. The lowest BCUT2D eigenvalue weighted by molar-refractivity contribution is 0.189. The summed E-state index contributed by atoms with van der Waals surface area (Å²) in [6, 6.07) is 14.8. The minimum absolute atomic E-state index is 0.111. The van der Waals surface area contributed by atoms with E-state index in [0.717, 1.165) is 70.5 Å². The Morgan fingerprint density at radius 1 is 1.19 bits per heavy atom. The molecule has 3 aromatic heterocycles. The number of anilines is 3. The number of aryl methyl sites for hydroxylation is 2. The number of oxazole rings is 1. The van der Waals surface area contributed by atoms with Gasteiger partial charge in [-0.15, -0.1) is 0 Å². The number of rotatable bonds is 5. The quantitative estimate of drug-likeness (QED) is 0.333. The summed E-state index contributed by atoms with van der Waals surface area (Å²) in [6.45, 7) is 6.15. The van der Waals surface area contributed by atoms with E-state index in [1.165, 1.54) is 6.33 Å². The third kappa shape index (κ3) is 4.23. The average Bonchev–Trinajstić information content (AvgIpc) is 3.47. The second-order valence-electron chi connectivity index (χ2n) is 9.59. The van der Waals surface area contributed by atoms with Crippen molar-refractivity contribution in [3.63, 3.8) is 0 Å². The van der Waals surface area contributed by atoms with E-state index in [9.17, 15) is 0 Å². The van der Waals surface area contributed by atoms with Crippen LogP contribution in [0.4, 0.5) is 17.5 Å². The number of nitrogen functional groups attached to an aromatic ring is 1. The summed E-state index contributed by atoms with van der Waals surface area (Å²) < 4.78 is 7.91. The SMILES string of the molecule is Cc1cc(C)c2oc(Nc3ccc(-c4nn([C@H]5CCCN(CC#N)C5)c5ncnc(N)c45)cc3)nc2c1. The molecule has 10 nitrogen and oxygen atoms in total. The molecule has 0 radical (unpaired) electrons. The van der Waals surface area contributed by atoms with Crippen molar-refractivity contribution in [2.75, 3.05) is 30.7 Å². The molecular weight excluding hydrogens is 466 g/mol. The molecule has 0 spiro atoms. The Labute approximate surface area is 213 Å². The number of hydrogen-bond donors (Lipinski definition) is 2. The van der Waals surface area contributed by atoms with Gasteiger partial charge in [0, 0.05) is 17.8 Å². The first-order valence-electron chi connectivity index (χ1n) is 12.3. The average molecular weight is 494 g/mol. The van der Waals surface area contributed by atoms with Crippen LogP contribution in [-0.4, -0.2) is 49.3 Å². The van der Waals surface area contributed by atoms with E-state index in [1.807, 2.05) is 48.9 Å². The predicted octanol–water partition coefficient (Wildman–Crippen LogP) is 4.74. The van der Waals surface area contributed by atoms with Gasteiger partial charge in [0.1, 0.15) is 23.4 Å². The van der Waals surface area contributed by atoms with Crippen molar-refractivity contribution >= 4 is 39.7 Å². The van der Waals surface area contributed by atoms with E-state index < -0.39 is 0 Å². The fraction of sp³-hybridized carbons (Fsp3) is 0.296. The maximum Gasteiger partial charge on any atom is 0.300 e. The molecule has 6 rings (SSSR count). The summed E-state index contributed by atoms with van der Waals surface area (Å²) in [5, 5.41) is 18.1. The minimum Gasteiger partial charge on any atom is -0.423 e. The number of likely N-dealkylation sites (tertiary alicyclic amines) is 1. The highest BCUT2D eigenvalue weighted by atomic mass is 16.4. The van der Waals surface area contributed by atoms with Crippen molar-refractivity contribution < 1.29 is 4.42 Å². The topological polar surface area (TPSA) is 135 Å². The molecule has 0 saturated carbocycles. The second-order valence-corrected chi connectivity index (χ2v) is 9.59. The molecule has 5 aromatic rings. The second kappa shape index (κ2) is 9.19. The summed E-state index contributed by atoms with van der Waals surface area (Å²) >= 11 is 0. The van der Waals surface area contributed by atoms with Gasteiger partial charge in [-0.25, -0.2) is 14.6 Å². The molecule has 0 amide bonds. The lowest BCUT2D eigenvalue weighted by Gasteiger charge is -2.31. The molecule has 1 aliphatic rings. The molecule has 1 fully saturated rings. The van der Waals surface area contributed by atoms with E-state index >= 15 is 0 Å². The van der Waals surface area contributed by atoms with E-state index in [-0.39, 0.29) is 6.04 Å². The molecule has 10 heteroatoms. The van der Waals surface area contributed by atoms with Crippen molar-refractivity contribution in [2.24, 2.45) is 0 Å². The summed E-state index contributed by atoms with van der Waals surface area (Å²) in [5.74, 6) is 0.398. The van der Waals surface area contributed by atoms with Gasteiger partial charge < -0.3 is 15.5 Å². The number of piperidine rings is 1. The van der Waals surface area contributed by atoms with Crippen molar-refractivity contribution in [1.82, 2.24) is 29.6 Å². The van der Waals surface area contributed by atoms with Crippen molar-refractivity contribution in [2.45, 2.75) is 32.7 Å². The van der Waals surface area contributed by atoms with Crippen LogP contribution in [-0.2, 0) is 0 Å². The molecule has 2 aromatic carbocycles. The predicted molar refractivity (Wildman–Crippen MR) is 142 cm³/mol. The van der Waals surface area contributed by atoms with Crippen LogP contribution in [0.3, 0.4) is 0 Å². The molecule has 1 atom stereocenters. The van der Waals surface area contributed by atoms with Crippen molar-refractivity contribution in [3.8, 4) is 17.3 Å². The lowest BCUT2D eigenvalue weighted by atomic mass is 10.1. The molecule has 1 aliphatic heterocycles. The molecule has 4 heterocycles. The van der Waals surface area contributed by atoms with Gasteiger partial charge in [-0.2, -0.15) is 15.3 Å². The number of nitrogens with two attached hydrogens (primary N) is 1. The highest BCUT2D eigenvalue weighted by molar-refractivity contribution is 5.98. The Morgan fingerprint density at radius 3 is 2.84 bits per heavy atom. The van der Waals surface area contributed by atoms with E-state index in [2.05, 4.69) is 37.3 Å². The zero-order valence-corrected chi connectivity index (χ0v) is 20.8. The van der Waals surface area contributed by atoms with E-state index in [1.54, 1.807) is 0 Å². The summed E-state index contributed by atoms with van der Waals surface area (Å²) in [6.07, 6.45) is 3.44. The van der Waals surface area contributed by atoms with Crippen LogP contribution < -0.4 is 11.1 Å². The minimum atomic E-state index is 0.111. The van der Waals surface area contributed by atoms with Gasteiger partial charge in [0.2, 0.25) is 0 Å². The molecule has 0 aliphatic carbocycles. The van der Waals surface area contributed by atoms with Crippen LogP contribution in [0.25, 0.3) is 33.4 Å². The molecular formula is C27H27N9O. The number of fused-ring (bicyclic) bond motifs is 2. The maximum atomic E-state index is 9.15. The van der Waals surface area contributed by atoms with Crippen LogP contribution in [0, 0.1) is 25.2 Å². The first-order chi connectivity index (χ1) is 18.0. The van der Waals surface area contributed by atoms with Gasteiger partial charge in [0.25, 0.3) is 6.01 Å². The fourth-order valence-electron chi connectivity index (χ4n) is 5.19. The van der Waals surface area contributed by atoms with E-state index in [4.69, 9.17) is 20.5 Å². The Morgan fingerprint density at radius 2 is 2.03 bits per heavy atom. The Hall–Kier alpha value is -4.49. The highest BCUT2D eigenvalue weighted by Gasteiger charge is 2.26. The van der Waals surface area contributed by atoms with Crippen molar-refractivity contribution in [3.05, 3.63) is 53.9 Å². The lowest BCUT2D eigenvalue weighted by Crippen LogP contribution is -2.37. The Kier molecular flexibility index (Phi) is 5.70. The Bertz CT molecular complexity index is 1650. The first kappa shape index (κ1) is 22.9. The zero-order valence-electron chi connectivity index (χ0n) is 20.8. The zero-order chi connectivity index (χ0) is 25.5. The standard InChI is InChI=1S/C27H27N9O/c1-16-12-17(2)24-21(13-16)33-27(37-24)32-19-7-5-18(6-8-19)23-22-25(29)30-15-31-26(22)36(34-23)20-4-3-10-35(14-20)11-9-28/h5-8,12-13,15,20H,3-4,10-11,14H2,1-2H3,(H,32,33)(H2,29,30,31)/t20-/m0/s1. The summed E-state index contributed by atoms with van der Waals surface area (Å²) in [7, 11) is 0. The third-order valence-electron chi connectivity index (χ3n) is 6.87.